The topological polar surface area (TPSA) is 90.9 Å². The van der Waals surface area contributed by atoms with Crippen LogP contribution in [0.5, 0.6) is 11.5 Å². The van der Waals surface area contributed by atoms with Gasteiger partial charge in [0.1, 0.15) is 17.1 Å². The molecule has 0 saturated heterocycles. The van der Waals surface area contributed by atoms with Gasteiger partial charge in [0.25, 0.3) is 11.8 Å². The Morgan fingerprint density at radius 1 is 0.923 bits per heavy atom. The van der Waals surface area contributed by atoms with Crippen LogP contribution in [0.1, 0.15) is 27.6 Å². The molecule has 7 heteroatoms. The van der Waals surface area contributed by atoms with Crippen molar-refractivity contribution in [2.24, 2.45) is 0 Å². The lowest BCUT2D eigenvalue weighted by atomic mass is 10.2. The maximum absolute atomic E-state index is 12.1. The zero-order chi connectivity index (χ0) is 18.9. The number of hydrogen-bond acceptors (Lipinski definition) is 6. The van der Waals surface area contributed by atoms with E-state index in [2.05, 4.69) is 5.32 Å². The number of ether oxygens (including phenoxy) is 3. The third-order valence-corrected chi connectivity index (χ3v) is 3.35. The van der Waals surface area contributed by atoms with Gasteiger partial charge in [0.2, 0.25) is 0 Å². The van der Waals surface area contributed by atoms with E-state index in [4.69, 9.17) is 14.2 Å². The zero-order valence-electron chi connectivity index (χ0n) is 14.5. The quantitative estimate of drug-likeness (QED) is 0.764. The van der Waals surface area contributed by atoms with E-state index in [0.717, 1.165) is 0 Å². The van der Waals surface area contributed by atoms with Crippen molar-refractivity contribution in [3.63, 3.8) is 0 Å². The van der Waals surface area contributed by atoms with Crippen molar-refractivity contribution < 1.29 is 28.6 Å². The molecule has 0 radical (unpaired) electrons. The molecule has 0 saturated carbocycles. The van der Waals surface area contributed by atoms with E-state index in [9.17, 15) is 14.4 Å². The summed E-state index contributed by atoms with van der Waals surface area (Å²) in [7, 11) is 1.42. The zero-order valence-corrected chi connectivity index (χ0v) is 14.5. The van der Waals surface area contributed by atoms with Crippen LogP contribution in [-0.2, 0) is 9.53 Å². The van der Waals surface area contributed by atoms with E-state index >= 15 is 0 Å². The van der Waals surface area contributed by atoms with Crippen molar-refractivity contribution in [3.8, 4) is 11.5 Å². The Morgan fingerprint density at radius 2 is 1.54 bits per heavy atom. The second-order valence-electron chi connectivity index (χ2n) is 5.08. The van der Waals surface area contributed by atoms with Crippen LogP contribution in [0, 0.1) is 0 Å². The van der Waals surface area contributed by atoms with Crippen LogP contribution in [0.2, 0.25) is 0 Å². The van der Waals surface area contributed by atoms with Crippen LogP contribution in [0.4, 0.5) is 0 Å². The molecule has 2 aromatic rings. The molecule has 136 valence electrons. The van der Waals surface area contributed by atoms with Crippen molar-refractivity contribution in [3.05, 3.63) is 59.7 Å². The second kappa shape index (κ2) is 9.22. The monoisotopic (exact) mass is 357 g/mol. The van der Waals surface area contributed by atoms with Crippen molar-refractivity contribution in [2.75, 3.05) is 20.3 Å². The minimum atomic E-state index is -0.747. The summed E-state index contributed by atoms with van der Waals surface area (Å²) in [5.74, 6) is -1.40. The summed E-state index contributed by atoms with van der Waals surface area (Å²) >= 11 is 0. The van der Waals surface area contributed by atoms with E-state index < -0.39 is 24.4 Å². The normalized spacial score (nSPS) is 9.92. The summed E-state index contributed by atoms with van der Waals surface area (Å²) in [6.07, 6.45) is 0. The first-order valence-corrected chi connectivity index (χ1v) is 7.93. The largest absolute Gasteiger partial charge is 0.496 e. The number of amides is 2. The highest BCUT2D eigenvalue weighted by Gasteiger charge is 2.18. The van der Waals surface area contributed by atoms with Crippen LogP contribution in [-0.4, -0.2) is 38.1 Å². The summed E-state index contributed by atoms with van der Waals surface area (Å²) in [5, 5.41) is 2.15. The SMILES string of the molecule is CCOc1ccccc1C(=O)OCC(=O)NC(=O)c1ccccc1OC. The van der Waals surface area contributed by atoms with E-state index in [0.29, 0.717) is 18.1 Å². The molecular formula is C19H19NO6. The molecule has 0 fully saturated rings. The average Bonchev–Trinajstić information content (AvgIpc) is 2.66. The fourth-order valence-electron chi connectivity index (χ4n) is 2.19. The lowest BCUT2D eigenvalue weighted by molar-refractivity contribution is -0.123. The minimum absolute atomic E-state index is 0.205. The molecule has 2 rings (SSSR count). The summed E-state index contributed by atoms with van der Waals surface area (Å²) in [5.41, 5.74) is 0.412. The van der Waals surface area contributed by atoms with Crippen LogP contribution in [0.3, 0.4) is 0 Å². The highest BCUT2D eigenvalue weighted by molar-refractivity contribution is 6.07. The third kappa shape index (κ3) is 4.83. The molecule has 7 nitrogen and oxygen atoms in total. The van der Waals surface area contributed by atoms with Gasteiger partial charge in [-0.3, -0.25) is 14.9 Å². The Hall–Kier alpha value is -3.35. The Kier molecular flexibility index (Phi) is 6.73. The maximum Gasteiger partial charge on any atom is 0.342 e. The van der Waals surface area contributed by atoms with Gasteiger partial charge in [-0.2, -0.15) is 0 Å². The number of para-hydroxylation sites is 2. The summed E-state index contributed by atoms with van der Waals surface area (Å²) < 4.78 is 15.4. The van der Waals surface area contributed by atoms with Gasteiger partial charge in [-0.1, -0.05) is 24.3 Å². The molecule has 2 aromatic carbocycles. The highest BCUT2D eigenvalue weighted by Crippen LogP contribution is 2.19. The predicted octanol–water partition coefficient (Wildman–Crippen LogP) is 2.21. The molecular weight excluding hydrogens is 338 g/mol. The first kappa shape index (κ1) is 19.0. The first-order valence-electron chi connectivity index (χ1n) is 7.93. The van der Waals surface area contributed by atoms with Crippen LogP contribution in [0.25, 0.3) is 0 Å². The number of carbonyl (C=O) groups excluding carboxylic acids is 3. The van der Waals surface area contributed by atoms with Gasteiger partial charge in [0.05, 0.1) is 19.3 Å². The van der Waals surface area contributed by atoms with Gasteiger partial charge >= 0.3 is 5.97 Å². The Morgan fingerprint density at radius 3 is 2.19 bits per heavy atom. The summed E-state index contributed by atoms with van der Waals surface area (Å²) in [4.78, 5) is 36.1. The highest BCUT2D eigenvalue weighted by atomic mass is 16.5. The van der Waals surface area contributed by atoms with E-state index in [1.807, 2.05) is 0 Å². The van der Waals surface area contributed by atoms with Gasteiger partial charge < -0.3 is 14.2 Å². The minimum Gasteiger partial charge on any atom is -0.496 e. The third-order valence-electron chi connectivity index (χ3n) is 3.35. The van der Waals surface area contributed by atoms with Crippen LogP contribution in [0.15, 0.2) is 48.5 Å². The van der Waals surface area contributed by atoms with E-state index in [1.54, 1.807) is 43.3 Å². The number of esters is 1. The molecule has 0 heterocycles. The van der Waals surface area contributed by atoms with Gasteiger partial charge in [-0.25, -0.2) is 4.79 Å². The number of imide groups is 1. The first-order chi connectivity index (χ1) is 12.6. The number of carbonyl (C=O) groups is 3. The van der Waals surface area contributed by atoms with E-state index in [1.165, 1.54) is 19.2 Å². The fourth-order valence-corrected chi connectivity index (χ4v) is 2.19. The predicted molar refractivity (Wildman–Crippen MR) is 93.4 cm³/mol. The van der Waals surface area contributed by atoms with E-state index in [-0.39, 0.29) is 11.1 Å². The van der Waals surface area contributed by atoms with Crippen LogP contribution < -0.4 is 14.8 Å². The molecule has 0 spiro atoms. The Bertz CT molecular complexity index is 802. The molecule has 0 aliphatic heterocycles. The van der Waals surface area contributed by atoms with Crippen molar-refractivity contribution in [2.45, 2.75) is 6.92 Å². The molecule has 0 bridgehead atoms. The number of rotatable bonds is 7. The van der Waals surface area contributed by atoms with Gasteiger partial charge in [-0.05, 0) is 31.2 Å². The summed E-state index contributed by atoms with van der Waals surface area (Å²) in [6.45, 7) is 1.58. The number of nitrogens with one attached hydrogen (secondary N) is 1. The molecule has 26 heavy (non-hydrogen) atoms. The molecule has 0 unspecified atom stereocenters. The number of methoxy groups -OCH3 is 1. The Balaban J connectivity index is 1.94. The van der Waals surface area contributed by atoms with Gasteiger partial charge in [0.15, 0.2) is 6.61 Å². The number of benzene rings is 2. The van der Waals surface area contributed by atoms with Crippen molar-refractivity contribution >= 4 is 17.8 Å². The van der Waals surface area contributed by atoms with Gasteiger partial charge in [-0.15, -0.1) is 0 Å². The second-order valence-corrected chi connectivity index (χ2v) is 5.08. The molecule has 0 atom stereocenters. The smallest absolute Gasteiger partial charge is 0.342 e. The van der Waals surface area contributed by atoms with Crippen LogP contribution >= 0.6 is 0 Å². The molecule has 2 amide bonds. The lowest BCUT2D eigenvalue weighted by Gasteiger charge is -2.10. The lowest BCUT2D eigenvalue weighted by Crippen LogP contribution is -2.34. The number of hydrogen-bond donors (Lipinski definition) is 1. The van der Waals surface area contributed by atoms with Crippen molar-refractivity contribution in [1.29, 1.82) is 0 Å². The average molecular weight is 357 g/mol. The molecule has 0 aromatic heterocycles. The molecule has 1 N–H and O–H groups in total. The van der Waals surface area contributed by atoms with Gasteiger partial charge in [0, 0.05) is 0 Å². The molecule has 0 aliphatic carbocycles. The fraction of sp³-hybridized carbons (Fsp3) is 0.211. The molecule has 0 aliphatic rings. The van der Waals surface area contributed by atoms with Crippen molar-refractivity contribution in [1.82, 2.24) is 5.32 Å². The Labute approximate surface area is 150 Å². The maximum atomic E-state index is 12.1. The standard InChI is InChI=1S/C19H19NO6/c1-3-25-16-11-7-5-9-14(16)19(23)26-12-17(21)20-18(22)13-8-4-6-10-15(13)24-2/h4-11H,3,12H2,1-2H3,(H,20,21,22). The summed E-state index contributed by atoms with van der Waals surface area (Å²) in [6, 6.07) is 13.0.